The van der Waals surface area contributed by atoms with Crippen molar-refractivity contribution in [2.75, 3.05) is 17.8 Å². The van der Waals surface area contributed by atoms with Gasteiger partial charge in [-0.2, -0.15) is 11.8 Å². The van der Waals surface area contributed by atoms with Crippen LogP contribution in [0.1, 0.15) is 24.6 Å². The van der Waals surface area contributed by atoms with E-state index < -0.39 is 9.84 Å². The summed E-state index contributed by atoms with van der Waals surface area (Å²) in [6.07, 6.45) is 3.33. The van der Waals surface area contributed by atoms with Crippen molar-refractivity contribution in [2.24, 2.45) is 0 Å². The Balaban J connectivity index is 2.05. The molecule has 0 saturated heterocycles. The van der Waals surface area contributed by atoms with Crippen LogP contribution in [0.2, 0.25) is 0 Å². The van der Waals surface area contributed by atoms with Gasteiger partial charge >= 0.3 is 0 Å². The molecule has 0 amide bonds. The van der Waals surface area contributed by atoms with Gasteiger partial charge in [-0.1, -0.05) is 19.1 Å². The molecule has 1 aromatic heterocycles. The fourth-order valence-electron chi connectivity index (χ4n) is 3.35. The molecule has 1 heterocycles. The Labute approximate surface area is 176 Å². The van der Waals surface area contributed by atoms with Crippen LogP contribution in [0.15, 0.2) is 59.5 Å². The van der Waals surface area contributed by atoms with Crippen molar-refractivity contribution in [1.29, 1.82) is 0 Å². The molecule has 0 atom stereocenters. The van der Waals surface area contributed by atoms with Gasteiger partial charge in [0.15, 0.2) is 9.84 Å². The number of thioether (sulfide) groups is 1. The largest absolute Gasteiger partial charge is 0.314 e. The van der Waals surface area contributed by atoms with Crippen molar-refractivity contribution in [3.63, 3.8) is 0 Å². The molecule has 29 heavy (non-hydrogen) atoms. The zero-order chi connectivity index (χ0) is 21.0. The summed E-state index contributed by atoms with van der Waals surface area (Å²) < 4.78 is 39.2. The lowest BCUT2D eigenvalue weighted by atomic mass is 10.1. The molecule has 154 valence electrons. The first-order valence-corrected chi connectivity index (χ1v) is 12.7. The van der Waals surface area contributed by atoms with E-state index in [4.69, 9.17) is 0 Å². The van der Waals surface area contributed by atoms with Gasteiger partial charge in [0.2, 0.25) is 0 Å². The third-order valence-corrected chi connectivity index (χ3v) is 7.20. The van der Waals surface area contributed by atoms with Crippen LogP contribution in [0.3, 0.4) is 0 Å². The number of nitrogens with zero attached hydrogens (tertiary/aromatic N) is 1. The van der Waals surface area contributed by atoms with Crippen LogP contribution in [0.4, 0.5) is 4.39 Å². The number of hydrogen-bond donors (Lipinski definition) is 0. The van der Waals surface area contributed by atoms with Crippen molar-refractivity contribution in [1.82, 2.24) is 4.57 Å². The van der Waals surface area contributed by atoms with E-state index in [1.54, 1.807) is 24.3 Å². The van der Waals surface area contributed by atoms with Crippen LogP contribution < -0.4 is 0 Å². The lowest BCUT2D eigenvalue weighted by molar-refractivity contribution is 0.602. The van der Waals surface area contributed by atoms with E-state index in [2.05, 4.69) is 24.5 Å². The summed E-state index contributed by atoms with van der Waals surface area (Å²) in [5.41, 5.74) is 5.16. The van der Waals surface area contributed by atoms with Crippen LogP contribution in [0, 0.1) is 12.7 Å². The summed E-state index contributed by atoms with van der Waals surface area (Å²) >= 11 is 1.94. The van der Waals surface area contributed by atoms with E-state index in [0.717, 1.165) is 47.0 Å². The molecule has 0 radical (unpaired) electrons. The molecule has 3 nitrogen and oxygen atoms in total. The van der Waals surface area contributed by atoms with E-state index >= 15 is 0 Å². The highest BCUT2D eigenvalue weighted by Gasteiger charge is 2.16. The SMILES string of the molecule is CCCSCCc1cc(-c2ccc(S(C)(=O)=O)cc2)n(-c2ccc(F)cc2)c1C. The quantitative estimate of drug-likeness (QED) is 0.431. The van der Waals surface area contributed by atoms with Crippen LogP contribution in [-0.2, 0) is 16.3 Å². The van der Waals surface area contributed by atoms with E-state index in [1.807, 2.05) is 23.9 Å². The molecule has 3 aromatic rings. The van der Waals surface area contributed by atoms with Gasteiger partial charge in [-0.3, -0.25) is 0 Å². The normalized spacial score (nSPS) is 11.7. The number of sulfone groups is 1. The highest BCUT2D eigenvalue weighted by Crippen LogP contribution is 2.31. The number of hydrogen-bond acceptors (Lipinski definition) is 3. The molecular weight excluding hydrogens is 405 g/mol. The van der Waals surface area contributed by atoms with E-state index in [0.29, 0.717) is 4.90 Å². The van der Waals surface area contributed by atoms with Gasteiger partial charge in [-0.05, 0) is 84.9 Å². The molecule has 0 N–H and O–H groups in total. The number of rotatable bonds is 8. The number of halogens is 1. The molecule has 3 rings (SSSR count). The van der Waals surface area contributed by atoms with Crippen molar-refractivity contribution < 1.29 is 12.8 Å². The van der Waals surface area contributed by atoms with Crippen molar-refractivity contribution in [2.45, 2.75) is 31.6 Å². The Morgan fingerprint density at radius 2 is 1.66 bits per heavy atom. The van der Waals surface area contributed by atoms with E-state index in [1.165, 1.54) is 24.0 Å². The Kier molecular flexibility index (Phi) is 6.85. The van der Waals surface area contributed by atoms with E-state index in [9.17, 15) is 12.8 Å². The molecule has 0 fully saturated rings. The maximum Gasteiger partial charge on any atom is 0.175 e. The monoisotopic (exact) mass is 431 g/mol. The molecule has 0 unspecified atom stereocenters. The summed E-state index contributed by atoms with van der Waals surface area (Å²) in [4.78, 5) is 0.300. The van der Waals surface area contributed by atoms with Gasteiger partial charge < -0.3 is 4.57 Å². The average Bonchev–Trinajstić information content (AvgIpc) is 3.02. The fourth-order valence-corrected chi connectivity index (χ4v) is 4.84. The van der Waals surface area contributed by atoms with Crippen LogP contribution in [0.5, 0.6) is 0 Å². The van der Waals surface area contributed by atoms with Crippen LogP contribution >= 0.6 is 11.8 Å². The Morgan fingerprint density at radius 1 is 1.00 bits per heavy atom. The number of aromatic nitrogens is 1. The van der Waals surface area contributed by atoms with Gasteiger partial charge in [0.05, 0.1) is 10.6 Å². The Morgan fingerprint density at radius 3 is 2.24 bits per heavy atom. The number of aryl methyl sites for hydroxylation is 1. The fraction of sp³-hybridized carbons (Fsp3) is 0.304. The lowest BCUT2D eigenvalue weighted by Crippen LogP contribution is -2.01. The third-order valence-electron chi connectivity index (χ3n) is 4.88. The van der Waals surface area contributed by atoms with Crippen molar-refractivity contribution in [3.8, 4) is 16.9 Å². The predicted molar refractivity (Wildman–Crippen MR) is 120 cm³/mol. The standard InChI is InChI=1S/C23H26FNO2S2/c1-4-14-28-15-13-19-16-23(18-5-11-22(12-6-18)29(3,26)27)25(17(19)2)21-9-7-20(24)8-10-21/h5-12,16H,4,13-15H2,1-3H3. The van der Waals surface area contributed by atoms with Crippen molar-refractivity contribution in [3.05, 3.63) is 71.7 Å². The molecule has 0 spiro atoms. The van der Waals surface area contributed by atoms with Crippen LogP contribution in [0.25, 0.3) is 16.9 Å². The summed E-state index contributed by atoms with van der Waals surface area (Å²) in [5, 5.41) is 0. The highest BCUT2D eigenvalue weighted by atomic mass is 32.2. The molecule has 0 aliphatic carbocycles. The zero-order valence-corrected chi connectivity index (χ0v) is 18.6. The topological polar surface area (TPSA) is 39.1 Å². The predicted octanol–water partition coefficient (Wildman–Crippen LogP) is 5.68. The maximum absolute atomic E-state index is 13.5. The van der Waals surface area contributed by atoms with Crippen molar-refractivity contribution >= 4 is 21.6 Å². The molecule has 2 aromatic carbocycles. The second-order valence-corrected chi connectivity index (χ2v) is 10.4. The molecule has 6 heteroatoms. The average molecular weight is 432 g/mol. The van der Waals surface area contributed by atoms with Gasteiger partial charge in [-0.15, -0.1) is 0 Å². The Hall–Kier alpha value is -2.05. The lowest BCUT2D eigenvalue weighted by Gasteiger charge is -2.13. The van der Waals surface area contributed by atoms with Gasteiger partial charge in [0.1, 0.15) is 5.82 Å². The zero-order valence-electron chi connectivity index (χ0n) is 17.0. The highest BCUT2D eigenvalue weighted by molar-refractivity contribution is 7.99. The second kappa shape index (κ2) is 9.18. The maximum atomic E-state index is 13.5. The second-order valence-electron chi connectivity index (χ2n) is 7.11. The first-order valence-electron chi connectivity index (χ1n) is 9.66. The molecule has 0 bridgehead atoms. The number of benzene rings is 2. The van der Waals surface area contributed by atoms with Gasteiger partial charge in [0.25, 0.3) is 0 Å². The molecule has 0 aliphatic heterocycles. The molecular formula is C23H26FNO2S2. The Bertz CT molecular complexity index is 1070. The minimum absolute atomic E-state index is 0.270. The molecule has 0 saturated carbocycles. The first-order chi connectivity index (χ1) is 13.8. The third kappa shape index (κ3) is 5.11. The van der Waals surface area contributed by atoms with Gasteiger partial charge in [-0.25, -0.2) is 12.8 Å². The molecule has 0 aliphatic rings. The summed E-state index contributed by atoms with van der Waals surface area (Å²) in [6.45, 7) is 4.26. The summed E-state index contributed by atoms with van der Waals surface area (Å²) in [5.74, 6) is 1.93. The summed E-state index contributed by atoms with van der Waals surface area (Å²) in [6, 6.07) is 15.6. The van der Waals surface area contributed by atoms with Crippen LogP contribution in [-0.4, -0.2) is 30.7 Å². The summed E-state index contributed by atoms with van der Waals surface area (Å²) in [7, 11) is -3.24. The smallest absolute Gasteiger partial charge is 0.175 e. The minimum atomic E-state index is -3.24. The first kappa shape index (κ1) is 21.7. The van der Waals surface area contributed by atoms with Gasteiger partial charge in [0, 0.05) is 17.6 Å². The minimum Gasteiger partial charge on any atom is -0.314 e. The van der Waals surface area contributed by atoms with E-state index in [-0.39, 0.29) is 5.82 Å².